The Bertz CT molecular complexity index is 533. The van der Waals surface area contributed by atoms with Gasteiger partial charge in [0, 0.05) is 41.6 Å². The maximum absolute atomic E-state index is 12.1. The smallest absolute Gasteiger partial charge is 0.303 e. The van der Waals surface area contributed by atoms with Crippen LogP contribution in [-0.2, 0) is 20.4 Å². The molecule has 0 heterocycles. The predicted octanol–water partition coefficient (Wildman–Crippen LogP) is 2.66. The topological polar surface area (TPSA) is 74.7 Å². The van der Waals surface area contributed by atoms with Crippen molar-refractivity contribution in [1.29, 1.82) is 0 Å². The minimum Gasteiger partial charge on any atom is -0.481 e. The lowest BCUT2D eigenvalue weighted by atomic mass is 10.2. The van der Waals surface area contributed by atoms with Gasteiger partial charge in [0.15, 0.2) is 0 Å². The van der Waals surface area contributed by atoms with Crippen LogP contribution in [0.3, 0.4) is 0 Å². The number of hydrogen-bond donors (Lipinski definition) is 1. The molecule has 1 N–H and O–H groups in total. The SMILES string of the molecule is CN(CCCC(=O)O)C(=O)CCCS(=O)c1ccc(Br)cc1. The van der Waals surface area contributed by atoms with E-state index in [-0.39, 0.29) is 12.3 Å². The molecule has 0 aliphatic heterocycles. The summed E-state index contributed by atoms with van der Waals surface area (Å²) in [6, 6.07) is 7.29. The van der Waals surface area contributed by atoms with E-state index in [1.165, 1.54) is 4.90 Å². The van der Waals surface area contributed by atoms with Crippen molar-refractivity contribution in [2.24, 2.45) is 0 Å². The fourth-order valence-electron chi connectivity index (χ4n) is 1.84. The maximum Gasteiger partial charge on any atom is 0.303 e. The molecule has 0 spiro atoms. The van der Waals surface area contributed by atoms with Gasteiger partial charge < -0.3 is 10.0 Å². The van der Waals surface area contributed by atoms with Gasteiger partial charge in [-0.25, -0.2) is 0 Å². The van der Waals surface area contributed by atoms with Crippen LogP contribution in [0.2, 0.25) is 0 Å². The summed E-state index contributed by atoms with van der Waals surface area (Å²) in [5, 5.41) is 8.55. The van der Waals surface area contributed by atoms with Crippen molar-refractivity contribution in [3.8, 4) is 0 Å². The highest BCUT2D eigenvalue weighted by Gasteiger charge is 2.10. The number of aliphatic carboxylic acids is 1. The Morgan fingerprint density at radius 2 is 1.82 bits per heavy atom. The monoisotopic (exact) mass is 389 g/mol. The first-order chi connectivity index (χ1) is 10.4. The second-order valence-electron chi connectivity index (χ2n) is 4.92. The zero-order valence-corrected chi connectivity index (χ0v) is 14.9. The van der Waals surface area contributed by atoms with Gasteiger partial charge in [-0.1, -0.05) is 15.9 Å². The van der Waals surface area contributed by atoms with Crippen molar-refractivity contribution in [3.63, 3.8) is 0 Å². The Labute approximate surface area is 141 Å². The van der Waals surface area contributed by atoms with E-state index >= 15 is 0 Å². The molecule has 122 valence electrons. The zero-order valence-electron chi connectivity index (χ0n) is 12.5. The average Bonchev–Trinajstić information content (AvgIpc) is 2.47. The van der Waals surface area contributed by atoms with E-state index in [0.29, 0.717) is 31.6 Å². The van der Waals surface area contributed by atoms with Crippen molar-refractivity contribution >= 4 is 38.6 Å². The summed E-state index contributed by atoms with van der Waals surface area (Å²) in [6.45, 7) is 0.431. The number of hydrogen-bond acceptors (Lipinski definition) is 3. The second-order valence-corrected chi connectivity index (χ2v) is 7.41. The third-order valence-corrected chi connectivity index (χ3v) is 5.09. The molecule has 0 aliphatic rings. The predicted molar refractivity (Wildman–Crippen MR) is 89.2 cm³/mol. The molecular formula is C15H20BrNO4S. The lowest BCUT2D eigenvalue weighted by Gasteiger charge is -2.16. The summed E-state index contributed by atoms with van der Waals surface area (Å²) in [5.74, 6) is -0.458. The Balaban J connectivity index is 2.27. The van der Waals surface area contributed by atoms with Gasteiger partial charge in [0.05, 0.1) is 10.8 Å². The van der Waals surface area contributed by atoms with Crippen LogP contribution in [0.5, 0.6) is 0 Å². The van der Waals surface area contributed by atoms with E-state index in [2.05, 4.69) is 15.9 Å². The van der Waals surface area contributed by atoms with E-state index < -0.39 is 16.8 Å². The van der Waals surface area contributed by atoms with Gasteiger partial charge in [-0.3, -0.25) is 13.8 Å². The molecule has 0 saturated heterocycles. The Morgan fingerprint density at radius 1 is 1.18 bits per heavy atom. The van der Waals surface area contributed by atoms with Gasteiger partial charge in [0.2, 0.25) is 5.91 Å². The number of nitrogens with zero attached hydrogens (tertiary/aromatic N) is 1. The first-order valence-corrected chi connectivity index (χ1v) is 9.11. The molecule has 0 radical (unpaired) electrons. The van der Waals surface area contributed by atoms with Gasteiger partial charge >= 0.3 is 5.97 Å². The van der Waals surface area contributed by atoms with E-state index in [0.717, 1.165) is 9.37 Å². The maximum atomic E-state index is 12.1. The van der Waals surface area contributed by atoms with Gasteiger partial charge in [0.1, 0.15) is 0 Å². The van der Waals surface area contributed by atoms with Gasteiger partial charge in [0.25, 0.3) is 0 Å². The summed E-state index contributed by atoms with van der Waals surface area (Å²) in [5.41, 5.74) is 0. The summed E-state index contributed by atoms with van der Waals surface area (Å²) >= 11 is 3.33. The van der Waals surface area contributed by atoms with Gasteiger partial charge in [-0.15, -0.1) is 0 Å². The molecule has 1 aromatic carbocycles. The minimum absolute atomic E-state index is 0.0433. The second kappa shape index (κ2) is 9.74. The van der Waals surface area contributed by atoms with Crippen molar-refractivity contribution < 1.29 is 18.9 Å². The number of carboxylic acid groups (broad SMARTS) is 1. The van der Waals surface area contributed by atoms with Crippen LogP contribution in [0.1, 0.15) is 25.7 Å². The Kier molecular flexibility index (Phi) is 8.34. The van der Waals surface area contributed by atoms with Crippen molar-refractivity contribution in [1.82, 2.24) is 4.90 Å². The van der Waals surface area contributed by atoms with E-state index in [9.17, 15) is 13.8 Å². The lowest BCUT2D eigenvalue weighted by molar-refractivity contribution is -0.138. The zero-order chi connectivity index (χ0) is 16.5. The van der Waals surface area contributed by atoms with E-state index in [1.54, 1.807) is 19.2 Å². The Hall–Kier alpha value is -1.21. The molecule has 1 amide bonds. The minimum atomic E-state index is -1.10. The van der Waals surface area contributed by atoms with Crippen LogP contribution in [0, 0.1) is 0 Å². The Morgan fingerprint density at radius 3 is 2.41 bits per heavy atom. The van der Waals surface area contributed by atoms with Crippen LogP contribution < -0.4 is 0 Å². The number of rotatable bonds is 9. The fourth-order valence-corrected chi connectivity index (χ4v) is 3.19. The number of amides is 1. The van der Waals surface area contributed by atoms with Crippen molar-refractivity contribution in [2.45, 2.75) is 30.6 Å². The normalized spacial score (nSPS) is 11.9. The fraction of sp³-hybridized carbons (Fsp3) is 0.467. The molecule has 1 atom stereocenters. The molecule has 5 nitrogen and oxygen atoms in total. The number of halogens is 1. The van der Waals surface area contributed by atoms with Crippen LogP contribution in [0.15, 0.2) is 33.6 Å². The number of carbonyl (C=O) groups is 2. The largest absolute Gasteiger partial charge is 0.481 e. The standard InChI is InChI=1S/C15H20BrNO4S/c1-17(10-2-5-15(19)20)14(18)4-3-11-22(21)13-8-6-12(16)7-9-13/h6-9H,2-5,10-11H2,1H3,(H,19,20). The number of carbonyl (C=O) groups excluding carboxylic acids is 1. The highest BCUT2D eigenvalue weighted by Crippen LogP contribution is 2.14. The lowest BCUT2D eigenvalue weighted by Crippen LogP contribution is -2.28. The molecule has 0 aromatic heterocycles. The summed E-state index contributed by atoms with van der Waals surface area (Å²) in [6.07, 6.45) is 1.38. The molecule has 1 unspecified atom stereocenters. The molecule has 1 rings (SSSR count). The third kappa shape index (κ3) is 7.17. The number of carboxylic acids is 1. The van der Waals surface area contributed by atoms with E-state index in [4.69, 9.17) is 5.11 Å². The molecule has 7 heteroatoms. The highest BCUT2D eigenvalue weighted by atomic mass is 79.9. The summed E-state index contributed by atoms with van der Waals surface area (Å²) < 4.78 is 13.0. The highest BCUT2D eigenvalue weighted by molar-refractivity contribution is 9.10. The van der Waals surface area contributed by atoms with Crippen LogP contribution >= 0.6 is 15.9 Å². The summed E-state index contributed by atoms with van der Waals surface area (Å²) in [4.78, 5) is 24.6. The molecule has 0 fully saturated rings. The first kappa shape index (κ1) is 18.8. The van der Waals surface area contributed by atoms with Crippen LogP contribution in [0.25, 0.3) is 0 Å². The number of benzene rings is 1. The molecular weight excluding hydrogens is 370 g/mol. The van der Waals surface area contributed by atoms with Crippen molar-refractivity contribution in [2.75, 3.05) is 19.3 Å². The average molecular weight is 390 g/mol. The first-order valence-electron chi connectivity index (χ1n) is 7.00. The van der Waals surface area contributed by atoms with Gasteiger partial charge in [-0.2, -0.15) is 0 Å². The van der Waals surface area contributed by atoms with Crippen LogP contribution in [-0.4, -0.2) is 45.4 Å². The molecule has 0 aliphatic carbocycles. The van der Waals surface area contributed by atoms with Crippen LogP contribution in [0.4, 0.5) is 0 Å². The molecule has 0 bridgehead atoms. The molecule has 1 aromatic rings. The van der Waals surface area contributed by atoms with Crippen molar-refractivity contribution in [3.05, 3.63) is 28.7 Å². The third-order valence-electron chi connectivity index (χ3n) is 3.11. The quantitative estimate of drug-likeness (QED) is 0.704. The summed E-state index contributed by atoms with van der Waals surface area (Å²) in [7, 11) is 0.560. The molecule has 0 saturated carbocycles. The van der Waals surface area contributed by atoms with E-state index in [1.807, 2.05) is 12.1 Å². The molecule has 22 heavy (non-hydrogen) atoms. The van der Waals surface area contributed by atoms with Gasteiger partial charge in [-0.05, 0) is 37.1 Å².